The van der Waals surface area contributed by atoms with Crippen molar-refractivity contribution in [1.29, 1.82) is 0 Å². The zero-order valence-corrected chi connectivity index (χ0v) is 38.1. The van der Waals surface area contributed by atoms with E-state index in [2.05, 4.69) is 26.3 Å². The van der Waals surface area contributed by atoms with Gasteiger partial charge in [0, 0.05) is 42.8 Å². The third-order valence-corrected chi connectivity index (χ3v) is 11.9. The van der Waals surface area contributed by atoms with Crippen LogP contribution in [0.15, 0.2) is 103 Å². The van der Waals surface area contributed by atoms with Gasteiger partial charge in [-0.05, 0) is 88.8 Å². The summed E-state index contributed by atoms with van der Waals surface area (Å²) in [5.74, 6) is -5.79. The maximum atomic E-state index is 14.7. The molecule has 0 radical (unpaired) electrons. The number of benzene rings is 5. The lowest BCUT2D eigenvalue weighted by atomic mass is 9.99. The van der Waals surface area contributed by atoms with Crippen LogP contribution in [0.25, 0.3) is 10.9 Å². The third-order valence-electron chi connectivity index (χ3n) is 10.8. The average molecular weight is 995 g/mol. The number of para-hydroxylation sites is 1. The number of phenolic OH excluding ortho intramolecular Hbond substituents is 4. The molecule has 0 saturated heterocycles. The Morgan fingerprint density at radius 1 is 0.507 bits per heavy atom. The number of carboxylic acids is 1. The number of carboxylic acid groups (broad SMARTS) is 1. The van der Waals surface area contributed by atoms with Crippen molar-refractivity contribution < 1.29 is 49.5 Å². The Bertz CT molecular complexity index is 2740. The van der Waals surface area contributed by atoms with Crippen LogP contribution >= 0.6 is 46.4 Å². The summed E-state index contributed by atoms with van der Waals surface area (Å²) in [6.07, 6.45) is 0.678. The van der Waals surface area contributed by atoms with E-state index in [-0.39, 0.29) is 74.8 Å². The van der Waals surface area contributed by atoms with Crippen LogP contribution in [0.5, 0.6) is 23.0 Å². The van der Waals surface area contributed by atoms with Gasteiger partial charge in [0.1, 0.15) is 35.7 Å². The van der Waals surface area contributed by atoms with Crippen molar-refractivity contribution in [2.75, 3.05) is 0 Å². The molecule has 0 bridgehead atoms. The average Bonchev–Trinajstić information content (AvgIpc) is 3.70. The van der Waals surface area contributed by atoms with Gasteiger partial charge in [0.15, 0.2) is 11.5 Å². The van der Waals surface area contributed by atoms with Crippen LogP contribution in [0.2, 0.25) is 20.1 Å². The number of nitrogens with two attached hydrogens (primary N) is 1. The summed E-state index contributed by atoms with van der Waals surface area (Å²) in [6.45, 7) is 0. The smallest absolute Gasteiger partial charge is 0.326 e. The third kappa shape index (κ3) is 13.2. The van der Waals surface area contributed by atoms with Gasteiger partial charge in [-0.1, -0.05) is 88.9 Å². The Kier molecular flexibility index (Phi) is 16.5. The largest absolute Gasteiger partial charge is 0.508 e. The van der Waals surface area contributed by atoms with Crippen LogP contribution in [-0.2, 0) is 56.1 Å². The first-order valence-electron chi connectivity index (χ1n) is 20.5. The summed E-state index contributed by atoms with van der Waals surface area (Å²) in [6, 6.07) is 17.1. The minimum absolute atomic E-state index is 0.0133. The van der Waals surface area contributed by atoms with Gasteiger partial charge in [0.05, 0.1) is 26.1 Å². The van der Waals surface area contributed by atoms with Gasteiger partial charge in [-0.3, -0.25) is 19.2 Å². The molecule has 1 aromatic heterocycles. The number of fused-ring (bicyclic) bond motifs is 1. The van der Waals surface area contributed by atoms with Crippen LogP contribution in [0.4, 0.5) is 0 Å². The van der Waals surface area contributed by atoms with Crippen LogP contribution in [0.1, 0.15) is 27.8 Å². The monoisotopic (exact) mass is 992 g/mol. The van der Waals surface area contributed by atoms with Gasteiger partial charge in [0.25, 0.3) is 0 Å². The van der Waals surface area contributed by atoms with E-state index >= 15 is 0 Å². The number of aromatic amines is 1. The molecule has 0 aliphatic heterocycles. The van der Waals surface area contributed by atoms with Gasteiger partial charge < -0.3 is 57.5 Å². The molecule has 0 aliphatic carbocycles. The number of carbonyl (C=O) groups excluding carboxylic acids is 4. The Labute approximate surface area is 403 Å². The molecule has 5 atom stereocenters. The summed E-state index contributed by atoms with van der Waals surface area (Å²) >= 11 is 24.7. The molecule has 0 fully saturated rings. The molecule has 12 N–H and O–H groups in total. The summed E-state index contributed by atoms with van der Waals surface area (Å²) in [5, 5.41) is 60.8. The Hall–Kier alpha value is -6.69. The van der Waals surface area contributed by atoms with Crippen molar-refractivity contribution in [3.63, 3.8) is 0 Å². The molecule has 16 nitrogen and oxygen atoms in total. The van der Waals surface area contributed by atoms with Crippen molar-refractivity contribution in [3.8, 4) is 23.0 Å². The fourth-order valence-electron chi connectivity index (χ4n) is 7.23. The molecule has 67 heavy (non-hydrogen) atoms. The van der Waals surface area contributed by atoms with Crippen LogP contribution < -0.4 is 27.0 Å². The quantitative estimate of drug-likeness (QED) is 0.0484. The van der Waals surface area contributed by atoms with Crippen molar-refractivity contribution in [1.82, 2.24) is 26.3 Å². The SMILES string of the molecule is N[C@@H](Cc1ccc(O)cc1)C(=O)N[C@@H](Cc1ccc(O)cc1)C(=O)N[C@@H](Cc1cc(Cl)c(O)c(Cl)c1)C(=O)N[C@@H](Cc1c[nH]c2ccccc12)C(=O)N[C@@H](Cc1cc(Cl)c(O)c(Cl)c1)C(=O)O. The second-order valence-corrected chi connectivity index (χ2v) is 17.3. The van der Waals surface area contributed by atoms with Crippen molar-refractivity contribution in [2.45, 2.75) is 62.3 Å². The predicted octanol–water partition coefficient (Wildman–Crippen LogP) is 5.47. The number of carbonyl (C=O) groups is 5. The highest BCUT2D eigenvalue weighted by Gasteiger charge is 2.33. The lowest BCUT2D eigenvalue weighted by Gasteiger charge is -2.27. The Balaban J connectivity index is 1.32. The minimum Gasteiger partial charge on any atom is -0.508 e. The molecule has 6 rings (SSSR count). The van der Waals surface area contributed by atoms with Gasteiger partial charge in [-0.2, -0.15) is 0 Å². The maximum Gasteiger partial charge on any atom is 0.326 e. The van der Waals surface area contributed by atoms with E-state index in [1.807, 2.05) is 0 Å². The number of nitrogens with one attached hydrogen (secondary N) is 5. The number of hydrogen-bond donors (Lipinski definition) is 11. The highest BCUT2D eigenvalue weighted by atomic mass is 35.5. The van der Waals surface area contributed by atoms with E-state index in [1.165, 1.54) is 60.7 Å². The number of rotatable bonds is 19. The zero-order chi connectivity index (χ0) is 48.5. The van der Waals surface area contributed by atoms with E-state index in [0.717, 1.165) is 0 Å². The number of aromatic nitrogens is 1. The molecule has 0 unspecified atom stereocenters. The first-order chi connectivity index (χ1) is 31.8. The van der Waals surface area contributed by atoms with Crippen molar-refractivity contribution >= 4 is 86.9 Å². The highest BCUT2D eigenvalue weighted by molar-refractivity contribution is 6.37. The molecule has 4 amide bonds. The van der Waals surface area contributed by atoms with Crippen molar-refractivity contribution in [2.24, 2.45) is 5.73 Å². The summed E-state index contributed by atoms with van der Waals surface area (Å²) in [4.78, 5) is 72.7. The van der Waals surface area contributed by atoms with Crippen molar-refractivity contribution in [3.05, 3.63) is 151 Å². The number of halogens is 4. The first kappa shape index (κ1) is 49.7. The maximum absolute atomic E-state index is 14.7. The number of aromatic hydroxyl groups is 4. The molecule has 350 valence electrons. The number of phenols is 4. The highest BCUT2D eigenvalue weighted by Crippen LogP contribution is 2.34. The number of amides is 4. The summed E-state index contributed by atoms with van der Waals surface area (Å²) in [7, 11) is 0. The minimum atomic E-state index is -1.59. The van der Waals surface area contributed by atoms with E-state index in [4.69, 9.17) is 52.1 Å². The second-order valence-electron chi connectivity index (χ2n) is 15.7. The Morgan fingerprint density at radius 3 is 1.37 bits per heavy atom. The van der Waals surface area contributed by atoms with E-state index in [0.29, 0.717) is 27.6 Å². The van der Waals surface area contributed by atoms with E-state index in [9.17, 15) is 49.5 Å². The van der Waals surface area contributed by atoms with Crippen LogP contribution in [0, 0.1) is 0 Å². The fraction of sp³-hybridized carbons (Fsp3) is 0.213. The molecule has 5 aromatic carbocycles. The lowest BCUT2D eigenvalue weighted by Crippen LogP contribution is -2.59. The normalized spacial score (nSPS) is 13.4. The fourth-order valence-corrected chi connectivity index (χ4v) is 8.30. The number of aliphatic carboxylic acids is 1. The lowest BCUT2D eigenvalue weighted by molar-refractivity contribution is -0.142. The first-order valence-corrected chi connectivity index (χ1v) is 22.0. The predicted molar refractivity (Wildman–Crippen MR) is 253 cm³/mol. The molecule has 0 spiro atoms. The topological polar surface area (TPSA) is 276 Å². The molecule has 6 aromatic rings. The summed E-state index contributed by atoms with van der Waals surface area (Å²) in [5.41, 5.74) is 9.22. The van der Waals surface area contributed by atoms with Gasteiger partial charge >= 0.3 is 5.97 Å². The van der Waals surface area contributed by atoms with Crippen LogP contribution in [-0.4, -0.2) is 90.3 Å². The molecular formula is C47H44Cl4N6O10. The summed E-state index contributed by atoms with van der Waals surface area (Å²) < 4.78 is 0. The molecule has 20 heteroatoms. The Morgan fingerprint density at radius 2 is 0.896 bits per heavy atom. The van der Waals surface area contributed by atoms with E-state index < -0.39 is 71.3 Å². The van der Waals surface area contributed by atoms with Gasteiger partial charge in [0.2, 0.25) is 23.6 Å². The van der Waals surface area contributed by atoms with E-state index in [1.54, 1.807) is 42.6 Å². The number of hydrogen-bond acceptors (Lipinski definition) is 10. The van der Waals surface area contributed by atoms with Gasteiger partial charge in [-0.25, -0.2) is 4.79 Å². The second kappa shape index (κ2) is 22.2. The molecule has 0 aliphatic rings. The zero-order valence-electron chi connectivity index (χ0n) is 35.1. The van der Waals surface area contributed by atoms with Crippen LogP contribution in [0.3, 0.4) is 0 Å². The molecule has 0 saturated carbocycles. The molecule has 1 heterocycles. The standard InChI is InChI=1S/C47H44Cl4N6O10/c48-31-13-25(14-32(49)41(31)60)19-38(55-44(63)37(18-24-7-11-29(59)12-8-24)54-43(62)35(52)17-23-5-9-28(58)10-6-23)45(64)56-39(21-27-22-53-36-4-2-1-3-30(27)36)46(65)57-40(47(66)67)20-26-15-33(50)42(61)34(51)16-26/h1-16,22,35,37-40,53,58-61H,17-21,52H2,(H,54,62)(H,55,63)(H,56,64)(H,57,65)(H,66,67)/t35-,37-,38-,39-,40-/m0/s1. The number of H-pyrrole nitrogens is 1. The molecular weight excluding hydrogens is 950 g/mol. The van der Waals surface area contributed by atoms with Gasteiger partial charge in [-0.15, -0.1) is 0 Å².